The van der Waals surface area contributed by atoms with Crippen LogP contribution in [0.25, 0.3) is 11.1 Å². The third-order valence-electron chi connectivity index (χ3n) is 12.4. The second kappa shape index (κ2) is 9.76. The van der Waals surface area contributed by atoms with Crippen molar-refractivity contribution < 1.29 is 4.42 Å². The Morgan fingerprint density at radius 3 is 2.49 bits per heavy atom. The molecule has 6 rings (SSSR count). The molecule has 0 aliphatic heterocycles. The minimum atomic E-state index is 0.383. The van der Waals surface area contributed by atoms with Crippen molar-refractivity contribution in [1.82, 2.24) is 0 Å². The predicted octanol–water partition coefficient (Wildman–Crippen LogP) is 10.6. The van der Waals surface area contributed by atoms with Gasteiger partial charge in [-0.05, 0) is 103 Å². The first-order valence-corrected chi connectivity index (χ1v) is 15.9. The molecule has 1 nitrogen and oxygen atoms in total. The third kappa shape index (κ3) is 4.25. The largest absolute Gasteiger partial charge is 0.468 e. The summed E-state index contributed by atoms with van der Waals surface area (Å²) in [6, 6.07) is 8.28. The Kier molecular flexibility index (Phi) is 6.87. The van der Waals surface area contributed by atoms with Crippen molar-refractivity contribution in [3.8, 4) is 11.1 Å². The van der Waals surface area contributed by atoms with Gasteiger partial charge in [0, 0.05) is 28.1 Å². The van der Waals surface area contributed by atoms with E-state index in [4.69, 9.17) is 16.0 Å². The molecule has 0 radical (unpaired) electrons. The van der Waals surface area contributed by atoms with Gasteiger partial charge in [-0.15, -0.1) is 0 Å². The molecule has 0 bridgehead atoms. The van der Waals surface area contributed by atoms with Crippen molar-refractivity contribution in [2.75, 3.05) is 0 Å². The molecule has 4 aliphatic rings. The van der Waals surface area contributed by atoms with E-state index in [-0.39, 0.29) is 0 Å². The van der Waals surface area contributed by atoms with E-state index in [1.54, 1.807) is 0 Å². The lowest BCUT2D eigenvalue weighted by atomic mass is 9.44. The number of hydrogen-bond donors (Lipinski definition) is 0. The van der Waals surface area contributed by atoms with Gasteiger partial charge in [-0.2, -0.15) is 0 Å². The second-order valence-electron chi connectivity index (χ2n) is 14.6. The molecule has 0 spiro atoms. The van der Waals surface area contributed by atoms with Crippen LogP contribution in [0.5, 0.6) is 0 Å². The minimum absolute atomic E-state index is 0.383. The van der Waals surface area contributed by atoms with Crippen molar-refractivity contribution in [2.45, 2.75) is 105 Å². The van der Waals surface area contributed by atoms with Crippen LogP contribution in [0, 0.1) is 52.3 Å². The van der Waals surface area contributed by atoms with E-state index in [1.165, 1.54) is 81.1 Å². The maximum absolute atomic E-state index is 6.61. The summed E-state index contributed by atoms with van der Waals surface area (Å²) < 4.78 is 6.34. The Morgan fingerprint density at radius 1 is 0.919 bits per heavy atom. The molecule has 2 heteroatoms. The molecular formula is C35H49ClO. The van der Waals surface area contributed by atoms with Crippen molar-refractivity contribution in [3.63, 3.8) is 0 Å². The van der Waals surface area contributed by atoms with Gasteiger partial charge in [0.05, 0.1) is 6.26 Å². The highest BCUT2D eigenvalue weighted by Gasteiger charge is 2.60. The highest BCUT2D eigenvalue weighted by Crippen LogP contribution is 2.68. The van der Waals surface area contributed by atoms with Gasteiger partial charge in [-0.1, -0.05) is 83.7 Å². The Labute approximate surface area is 231 Å². The van der Waals surface area contributed by atoms with Crippen LogP contribution >= 0.6 is 11.6 Å². The lowest BCUT2D eigenvalue weighted by molar-refractivity contribution is -0.105. The van der Waals surface area contributed by atoms with E-state index in [0.717, 1.165) is 58.4 Å². The smallest absolute Gasteiger partial charge is 0.108 e. The summed E-state index contributed by atoms with van der Waals surface area (Å²) in [4.78, 5) is 0. The van der Waals surface area contributed by atoms with Gasteiger partial charge in [0.15, 0.2) is 0 Å². The highest BCUT2D eigenvalue weighted by atomic mass is 35.5. The standard InChI is InChI=1S/C35H49ClO/c1-22(2)9-8-10-23(3)29-15-16-30-26-14-13-24-19-27-28(25-11-6-7-12-32(25)36)21-37-33(27)20-35(24,5)31(26)17-18-34(29,30)4/h6-7,11-12,21-24,26,29-31H,8-10,13-20H2,1-5H3/t23-,24+,26-,29-,30+,31-,34-,35+/m1/s1. The summed E-state index contributed by atoms with van der Waals surface area (Å²) in [7, 11) is 0. The first-order chi connectivity index (χ1) is 17.7. The number of halogens is 1. The van der Waals surface area contributed by atoms with E-state index in [2.05, 4.69) is 46.8 Å². The molecule has 1 aromatic carbocycles. The number of furan rings is 1. The van der Waals surface area contributed by atoms with E-state index >= 15 is 0 Å². The molecular weight excluding hydrogens is 472 g/mol. The number of benzene rings is 1. The lowest BCUT2D eigenvalue weighted by Gasteiger charge is -2.60. The summed E-state index contributed by atoms with van der Waals surface area (Å²) in [6.07, 6.45) is 17.3. The van der Waals surface area contributed by atoms with Crippen molar-refractivity contribution >= 4 is 11.6 Å². The van der Waals surface area contributed by atoms with E-state index in [0.29, 0.717) is 10.8 Å². The van der Waals surface area contributed by atoms with Crippen LogP contribution in [-0.2, 0) is 12.8 Å². The molecule has 1 heterocycles. The molecule has 8 atom stereocenters. The van der Waals surface area contributed by atoms with Crippen LogP contribution in [0.2, 0.25) is 5.02 Å². The van der Waals surface area contributed by atoms with Gasteiger partial charge in [0.2, 0.25) is 0 Å². The average molecular weight is 521 g/mol. The molecule has 202 valence electrons. The fraction of sp³-hybridized carbons (Fsp3) is 0.714. The van der Waals surface area contributed by atoms with Crippen LogP contribution < -0.4 is 0 Å². The van der Waals surface area contributed by atoms with Crippen LogP contribution in [0.15, 0.2) is 34.9 Å². The quantitative estimate of drug-likeness (QED) is 0.369. The summed E-state index contributed by atoms with van der Waals surface area (Å²) in [5.41, 5.74) is 4.79. The van der Waals surface area contributed by atoms with E-state index < -0.39 is 0 Å². The first kappa shape index (κ1) is 26.0. The second-order valence-corrected chi connectivity index (χ2v) is 15.0. The normalized spacial score (nSPS) is 37.5. The minimum Gasteiger partial charge on any atom is -0.468 e. The molecule has 0 saturated heterocycles. The maximum Gasteiger partial charge on any atom is 0.108 e. The monoisotopic (exact) mass is 520 g/mol. The van der Waals surface area contributed by atoms with E-state index in [1.807, 2.05) is 18.4 Å². The van der Waals surface area contributed by atoms with E-state index in [9.17, 15) is 0 Å². The Balaban J connectivity index is 1.22. The molecule has 1 aromatic heterocycles. The summed E-state index contributed by atoms with van der Waals surface area (Å²) in [5.74, 6) is 7.43. The van der Waals surface area contributed by atoms with Gasteiger partial charge < -0.3 is 4.42 Å². The zero-order chi connectivity index (χ0) is 25.9. The molecule has 0 unspecified atom stereocenters. The molecule has 3 fully saturated rings. The molecule has 0 N–H and O–H groups in total. The molecule has 0 amide bonds. The van der Waals surface area contributed by atoms with Gasteiger partial charge in [-0.3, -0.25) is 0 Å². The number of fused-ring (bicyclic) bond motifs is 6. The summed E-state index contributed by atoms with van der Waals surface area (Å²) >= 11 is 6.61. The Bertz CT molecular complexity index is 1110. The van der Waals surface area contributed by atoms with Crippen molar-refractivity contribution in [3.05, 3.63) is 46.9 Å². The lowest BCUT2D eigenvalue weighted by Crippen LogP contribution is -2.54. The number of hydrogen-bond acceptors (Lipinski definition) is 1. The summed E-state index contributed by atoms with van der Waals surface area (Å²) in [6.45, 7) is 12.7. The molecule has 2 aromatic rings. The van der Waals surface area contributed by atoms with Crippen LogP contribution in [0.4, 0.5) is 0 Å². The third-order valence-corrected chi connectivity index (χ3v) is 12.7. The average Bonchev–Trinajstić information content (AvgIpc) is 3.42. The van der Waals surface area contributed by atoms with Crippen molar-refractivity contribution in [1.29, 1.82) is 0 Å². The van der Waals surface area contributed by atoms with Crippen LogP contribution in [0.3, 0.4) is 0 Å². The predicted molar refractivity (Wildman–Crippen MR) is 156 cm³/mol. The fourth-order valence-electron chi connectivity index (χ4n) is 10.5. The van der Waals surface area contributed by atoms with Gasteiger partial charge in [-0.25, -0.2) is 0 Å². The first-order valence-electron chi connectivity index (χ1n) is 15.6. The molecule has 4 aliphatic carbocycles. The van der Waals surface area contributed by atoms with Gasteiger partial charge >= 0.3 is 0 Å². The molecule has 37 heavy (non-hydrogen) atoms. The molecule has 3 saturated carbocycles. The van der Waals surface area contributed by atoms with Crippen LogP contribution in [0.1, 0.15) is 104 Å². The fourth-order valence-corrected chi connectivity index (χ4v) is 10.7. The van der Waals surface area contributed by atoms with Crippen LogP contribution in [-0.4, -0.2) is 0 Å². The SMILES string of the molecule is CC(C)CCC[C@@H](C)[C@H]1CC[C@H]2[C@H]3CC[C@H]4Cc5c(-c6ccccc6Cl)coc5C[C@]4(C)[C@@H]3CC[C@]12C. The zero-order valence-electron chi connectivity index (χ0n) is 24.0. The highest BCUT2D eigenvalue weighted by molar-refractivity contribution is 6.33. The zero-order valence-corrected chi connectivity index (χ0v) is 24.7. The van der Waals surface area contributed by atoms with Crippen molar-refractivity contribution in [2.24, 2.45) is 52.3 Å². The summed E-state index contributed by atoms with van der Waals surface area (Å²) in [5, 5.41) is 0.837. The Morgan fingerprint density at radius 2 is 1.70 bits per heavy atom. The Hall–Kier alpha value is -1.21. The number of rotatable bonds is 6. The van der Waals surface area contributed by atoms with Gasteiger partial charge in [0.1, 0.15) is 5.76 Å². The maximum atomic E-state index is 6.61. The topological polar surface area (TPSA) is 13.1 Å². The van der Waals surface area contributed by atoms with Gasteiger partial charge in [0.25, 0.3) is 0 Å².